The first-order valence-corrected chi connectivity index (χ1v) is 8.49. The van der Waals surface area contributed by atoms with E-state index in [0.29, 0.717) is 36.2 Å². The zero-order valence-corrected chi connectivity index (χ0v) is 14.7. The third kappa shape index (κ3) is 3.74. The van der Waals surface area contributed by atoms with E-state index in [9.17, 15) is 15.2 Å². The molecular formula is C18H21N5O3. The van der Waals surface area contributed by atoms with Crippen LogP contribution in [0.2, 0.25) is 0 Å². The van der Waals surface area contributed by atoms with Gasteiger partial charge in [0.2, 0.25) is 5.91 Å². The van der Waals surface area contributed by atoms with Gasteiger partial charge >= 0.3 is 0 Å². The number of nitrogens with zero attached hydrogens (tertiary/aromatic N) is 4. The lowest BCUT2D eigenvalue weighted by Crippen LogP contribution is -2.51. The Balaban J connectivity index is 1.84. The van der Waals surface area contributed by atoms with Crippen molar-refractivity contribution in [2.75, 3.05) is 24.5 Å². The van der Waals surface area contributed by atoms with E-state index in [2.05, 4.69) is 26.3 Å². The Morgan fingerprint density at radius 2 is 2.15 bits per heavy atom. The van der Waals surface area contributed by atoms with Crippen LogP contribution in [0.4, 0.5) is 5.69 Å². The minimum absolute atomic E-state index is 0.0421. The van der Waals surface area contributed by atoms with Crippen LogP contribution in [0.25, 0.3) is 11.0 Å². The number of carbonyl (C=O) groups is 1. The minimum atomic E-state index is -1.05. The number of carbonyl (C=O) groups excluding carboxylic acids is 1. The van der Waals surface area contributed by atoms with Crippen LogP contribution in [-0.2, 0) is 9.53 Å². The normalized spacial score (nSPS) is 21.2. The number of benzene rings is 1. The van der Waals surface area contributed by atoms with E-state index >= 15 is 0 Å². The van der Waals surface area contributed by atoms with Gasteiger partial charge in [-0.2, -0.15) is 5.26 Å². The van der Waals surface area contributed by atoms with Crippen molar-refractivity contribution in [2.24, 2.45) is 0 Å². The first kappa shape index (κ1) is 18.0. The van der Waals surface area contributed by atoms with E-state index in [0.717, 1.165) is 5.69 Å². The molecule has 1 aromatic heterocycles. The fourth-order valence-electron chi connectivity index (χ4n) is 3.10. The molecule has 1 amide bonds. The highest BCUT2D eigenvalue weighted by Gasteiger charge is 2.27. The Kier molecular flexibility index (Phi) is 5.30. The van der Waals surface area contributed by atoms with Gasteiger partial charge in [0, 0.05) is 32.0 Å². The lowest BCUT2D eigenvalue weighted by molar-refractivity contribution is -0.129. The summed E-state index contributed by atoms with van der Waals surface area (Å²) in [6.07, 6.45) is 1.87. The molecule has 3 atom stereocenters. The molecule has 2 N–H and O–H groups in total. The molecule has 2 heterocycles. The summed E-state index contributed by atoms with van der Waals surface area (Å²) in [5.41, 5.74) is 2.62. The van der Waals surface area contributed by atoms with Gasteiger partial charge in [-0.25, -0.2) is 0 Å². The molecule has 136 valence electrons. The number of rotatable bonds is 4. The Morgan fingerprint density at radius 3 is 2.85 bits per heavy atom. The number of nitriles is 1. The summed E-state index contributed by atoms with van der Waals surface area (Å²) in [7, 11) is 0. The standard InChI is InChI=1S/C18H21N5O3/c1-11-9-23(10-14(26-11)8-22-18(25)12(2)24)15-4-3-13(7-19)16-17(15)21-6-5-20-16/h3-6,11-12,14,24H,8-10H2,1-2H3,(H,22,25)/t11-,12+,14+/m1/s1. The fourth-order valence-corrected chi connectivity index (χ4v) is 3.10. The highest BCUT2D eigenvalue weighted by atomic mass is 16.5. The Hall–Kier alpha value is -2.76. The molecule has 8 heteroatoms. The number of anilines is 1. The van der Waals surface area contributed by atoms with E-state index in [1.807, 2.05) is 13.0 Å². The van der Waals surface area contributed by atoms with Crippen molar-refractivity contribution in [3.05, 3.63) is 30.1 Å². The van der Waals surface area contributed by atoms with Crippen molar-refractivity contribution in [3.8, 4) is 6.07 Å². The average Bonchev–Trinajstić information content (AvgIpc) is 2.64. The van der Waals surface area contributed by atoms with E-state index in [1.54, 1.807) is 18.5 Å². The molecule has 0 bridgehead atoms. The molecule has 0 aliphatic carbocycles. The maximum Gasteiger partial charge on any atom is 0.248 e. The molecule has 1 aromatic carbocycles. The SMILES string of the molecule is C[C@@H]1CN(c2ccc(C#N)c3nccnc23)C[C@H](CNC(=O)[C@H](C)O)O1. The van der Waals surface area contributed by atoms with Gasteiger partial charge in [-0.1, -0.05) is 0 Å². The molecular weight excluding hydrogens is 334 g/mol. The highest BCUT2D eigenvalue weighted by molar-refractivity contribution is 5.92. The molecule has 0 unspecified atom stereocenters. The highest BCUT2D eigenvalue weighted by Crippen LogP contribution is 2.28. The number of amides is 1. The number of aromatic nitrogens is 2. The number of hydrogen-bond acceptors (Lipinski definition) is 7. The number of aliphatic hydroxyl groups is 1. The Labute approximate surface area is 151 Å². The zero-order chi connectivity index (χ0) is 18.7. The van der Waals surface area contributed by atoms with Crippen molar-refractivity contribution >= 4 is 22.6 Å². The Morgan fingerprint density at radius 1 is 1.42 bits per heavy atom. The summed E-state index contributed by atoms with van der Waals surface area (Å²) in [6.45, 7) is 4.92. The van der Waals surface area contributed by atoms with Crippen LogP contribution < -0.4 is 10.2 Å². The molecule has 0 radical (unpaired) electrons. The monoisotopic (exact) mass is 355 g/mol. The molecule has 0 saturated carbocycles. The van der Waals surface area contributed by atoms with E-state index in [1.165, 1.54) is 6.92 Å². The number of aliphatic hydroxyl groups excluding tert-OH is 1. The minimum Gasteiger partial charge on any atom is -0.384 e. The van der Waals surface area contributed by atoms with E-state index in [4.69, 9.17) is 4.74 Å². The predicted molar refractivity (Wildman–Crippen MR) is 95.5 cm³/mol. The second kappa shape index (κ2) is 7.64. The van der Waals surface area contributed by atoms with E-state index < -0.39 is 12.0 Å². The van der Waals surface area contributed by atoms with Gasteiger partial charge in [0.05, 0.1) is 23.5 Å². The van der Waals surface area contributed by atoms with Crippen LogP contribution in [0.5, 0.6) is 0 Å². The summed E-state index contributed by atoms with van der Waals surface area (Å²) < 4.78 is 5.90. The molecule has 1 fully saturated rings. The molecule has 3 rings (SSSR count). The average molecular weight is 355 g/mol. The number of nitrogens with one attached hydrogen (secondary N) is 1. The largest absolute Gasteiger partial charge is 0.384 e. The quantitative estimate of drug-likeness (QED) is 0.826. The number of fused-ring (bicyclic) bond motifs is 1. The molecule has 1 aliphatic rings. The van der Waals surface area contributed by atoms with E-state index in [-0.39, 0.29) is 12.2 Å². The second-order valence-corrected chi connectivity index (χ2v) is 6.39. The third-order valence-electron chi connectivity index (χ3n) is 4.27. The van der Waals surface area contributed by atoms with Gasteiger partial charge in [0.15, 0.2) is 0 Å². The summed E-state index contributed by atoms with van der Waals surface area (Å²) in [5.74, 6) is -0.423. The zero-order valence-electron chi connectivity index (χ0n) is 14.7. The van der Waals surface area contributed by atoms with Crippen LogP contribution in [0.3, 0.4) is 0 Å². The van der Waals surface area contributed by atoms with Crippen LogP contribution in [-0.4, -0.2) is 58.9 Å². The molecule has 26 heavy (non-hydrogen) atoms. The number of morpholine rings is 1. The first-order valence-electron chi connectivity index (χ1n) is 8.49. The number of ether oxygens (including phenoxy) is 1. The third-order valence-corrected chi connectivity index (χ3v) is 4.27. The molecule has 2 aromatic rings. The molecule has 0 spiro atoms. The summed E-state index contributed by atoms with van der Waals surface area (Å²) in [6, 6.07) is 5.76. The van der Waals surface area contributed by atoms with Crippen molar-refractivity contribution in [2.45, 2.75) is 32.2 Å². The fraction of sp³-hybridized carbons (Fsp3) is 0.444. The number of hydrogen-bond donors (Lipinski definition) is 2. The molecule has 1 aliphatic heterocycles. The smallest absolute Gasteiger partial charge is 0.248 e. The second-order valence-electron chi connectivity index (χ2n) is 6.39. The summed E-state index contributed by atoms with van der Waals surface area (Å²) in [5, 5.41) is 21.3. The van der Waals surface area contributed by atoms with Crippen LogP contribution >= 0.6 is 0 Å². The Bertz CT molecular complexity index is 848. The van der Waals surface area contributed by atoms with Gasteiger partial charge in [-0.05, 0) is 26.0 Å². The van der Waals surface area contributed by atoms with Crippen molar-refractivity contribution in [1.29, 1.82) is 5.26 Å². The van der Waals surface area contributed by atoms with Gasteiger partial charge in [0.25, 0.3) is 0 Å². The van der Waals surface area contributed by atoms with Gasteiger partial charge < -0.3 is 20.1 Å². The van der Waals surface area contributed by atoms with Crippen molar-refractivity contribution in [3.63, 3.8) is 0 Å². The van der Waals surface area contributed by atoms with Gasteiger partial charge in [-0.15, -0.1) is 0 Å². The molecule has 1 saturated heterocycles. The molecule has 8 nitrogen and oxygen atoms in total. The van der Waals surface area contributed by atoms with Gasteiger partial charge in [0.1, 0.15) is 23.2 Å². The first-order chi connectivity index (χ1) is 12.5. The maximum absolute atomic E-state index is 11.6. The van der Waals surface area contributed by atoms with Crippen LogP contribution in [0.15, 0.2) is 24.5 Å². The lowest BCUT2D eigenvalue weighted by Gasteiger charge is -2.38. The predicted octanol–water partition coefficient (Wildman–Crippen LogP) is 0.592. The van der Waals surface area contributed by atoms with Gasteiger partial charge in [-0.3, -0.25) is 14.8 Å². The summed E-state index contributed by atoms with van der Waals surface area (Å²) >= 11 is 0. The summed E-state index contributed by atoms with van der Waals surface area (Å²) in [4.78, 5) is 22.4. The van der Waals surface area contributed by atoms with Crippen molar-refractivity contribution in [1.82, 2.24) is 15.3 Å². The lowest BCUT2D eigenvalue weighted by atomic mass is 10.1. The van der Waals surface area contributed by atoms with Crippen LogP contribution in [0, 0.1) is 11.3 Å². The van der Waals surface area contributed by atoms with Crippen LogP contribution in [0.1, 0.15) is 19.4 Å². The van der Waals surface area contributed by atoms with Crippen molar-refractivity contribution < 1.29 is 14.6 Å². The maximum atomic E-state index is 11.6. The topological polar surface area (TPSA) is 111 Å².